The van der Waals surface area contributed by atoms with Crippen LogP contribution >= 0.6 is 0 Å². The van der Waals surface area contributed by atoms with Gasteiger partial charge in [-0.1, -0.05) is 13.8 Å². The molecule has 0 atom stereocenters. The Morgan fingerprint density at radius 2 is 1.91 bits per heavy atom. The molecule has 8 nitrogen and oxygen atoms in total. The fourth-order valence-corrected chi connectivity index (χ4v) is 3.39. The number of nitrogens with zero attached hydrogens (tertiary/aromatic N) is 4. The number of alkyl halides is 3. The van der Waals surface area contributed by atoms with Crippen molar-refractivity contribution in [2.24, 2.45) is 0 Å². The van der Waals surface area contributed by atoms with E-state index in [1.807, 2.05) is 13.8 Å². The van der Waals surface area contributed by atoms with Crippen molar-refractivity contribution in [3.63, 3.8) is 0 Å². The maximum Gasteiger partial charge on any atom is 0.417 e. The zero-order valence-electron chi connectivity index (χ0n) is 18.7. The van der Waals surface area contributed by atoms with Gasteiger partial charge in [0.15, 0.2) is 5.82 Å². The second kappa shape index (κ2) is 9.08. The molecule has 0 radical (unpaired) electrons. The average Bonchev–Trinajstić information content (AvgIpc) is 3.36. The predicted octanol–water partition coefficient (Wildman–Crippen LogP) is 4.37. The highest BCUT2D eigenvalue weighted by molar-refractivity contribution is 5.95. The van der Waals surface area contributed by atoms with Crippen molar-refractivity contribution >= 4 is 11.9 Å². The normalized spacial score (nSPS) is 11.7. The summed E-state index contributed by atoms with van der Waals surface area (Å²) in [5, 5.41) is 4.20. The molecule has 11 heteroatoms. The maximum absolute atomic E-state index is 13.2. The van der Waals surface area contributed by atoms with Crippen LogP contribution in [0.4, 0.5) is 13.2 Å². The topological polar surface area (TPSA) is 90.5 Å². The number of carbonyl (C=O) groups is 2. The third-order valence-electron chi connectivity index (χ3n) is 4.99. The van der Waals surface area contributed by atoms with Crippen LogP contribution in [0.5, 0.6) is 0 Å². The fourth-order valence-electron chi connectivity index (χ4n) is 3.39. The molecule has 3 aromatic rings. The molecular weight excluding hydrogens is 441 g/mol. The van der Waals surface area contributed by atoms with Crippen molar-refractivity contribution in [2.75, 3.05) is 14.2 Å². The Kier molecular flexibility index (Phi) is 6.61. The summed E-state index contributed by atoms with van der Waals surface area (Å²) in [6, 6.07) is 3.64. The highest BCUT2D eigenvalue weighted by Gasteiger charge is 2.31. The minimum atomic E-state index is -4.50. The van der Waals surface area contributed by atoms with Gasteiger partial charge in [0.2, 0.25) is 0 Å². The molecule has 33 heavy (non-hydrogen) atoms. The number of aromatic nitrogens is 3. The van der Waals surface area contributed by atoms with Crippen LogP contribution in [0.1, 0.15) is 63.3 Å². The Hall–Kier alpha value is -3.63. The molecule has 0 aliphatic carbocycles. The first-order chi connectivity index (χ1) is 15.4. The Balaban J connectivity index is 1.88. The number of furan rings is 1. The molecule has 0 fully saturated rings. The Labute approximate surface area is 188 Å². The van der Waals surface area contributed by atoms with Crippen molar-refractivity contribution in [3.8, 4) is 5.82 Å². The van der Waals surface area contributed by atoms with E-state index in [0.717, 1.165) is 12.3 Å². The molecule has 0 aliphatic rings. The van der Waals surface area contributed by atoms with Crippen molar-refractivity contribution < 1.29 is 31.9 Å². The van der Waals surface area contributed by atoms with E-state index in [0.29, 0.717) is 17.2 Å². The number of pyridine rings is 1. The lowest BCUT2D eigenvalue weighted by molar-refractivity contribution is -0.137. The molecule has 0 N–H and O–H groups in total. The smallest absolute Gasteiger partial charge is 0.417 e. The van der Waals surface area contributed by atoms with Gasteiger partial charge in [-0.3, -0.25) is 4.79 Å². The van der Waals surface area contributed by atoms with Crippen LogP contribution in [0, 0.1) is 6.92 Å². The molecule has 3 aromatic heterocycles. The number of ether oxygens (including phenoxy) is 1. The summed E-state index contributed by atoms with van der Waals surface area (Å²) >= 11 is 0. The summed E-state index contributed by atoms with van der Waals surface area (Å²) in [5.74, 6) is -0.152. The lowest BCUT2D eigenvalue weighted by Crippen LogP contribution is -2.27. The fraction of sp³-hybridized carbons (Fsp3) is 0.364. The Morgan fingerprint density at radius 3 is 2.45 bits per heavy atom. The van der Waals surface area contributed by atoms with E-state index in [1.165, 1.54) is 35.0 Å². The van der Waals surface area contributed by atoms with Crippen LogP contribution in [-0.4, -0.2) is 45.7 Å². The lowest BCUT2D eigenvalue weighted by Gasteiger charge is -2.18. The number of esters is 1. The first kappa shape index (κ1) is 24.0. The quantitative estimate of drug-likeness (QED) is 0.503. The molecule has 3 heterocycles. The van der Waals surface area contributed by atoms with Crippen LogP contribution in [-0.2, 0) is 17.5 Å². The van der Waals surface area contributed by atoms with Crippen LogP contribution in [0.25, 0.3) is 5.82 Å². The number of methoxy groups -OCH3 is 1. The third-order valence-corrected chi connectivity index (χ3v) is 4.99. The summed E-state index contributed by atoms with van der Waals surface area (Å²) in [6.45, 7) is 5.38. The first-order valence-corrected chi connectivity index (χ1v) is 9.98. The van der Waals surface area contributed by atoms with E-state index < -0.39 is 17.7 Å². The maximum atomic E-state index is 13.2. The zero-order valence-corrected chi connectivity index (χ0v) is 18.7. The molecule has 0 spiro atoms. The van der Waals surface area contributed by atoms with E-state index in [-0.39, 0.29) is 35.3 Å². The Morgan fingerprint density at radius 1 is 1.21 bits per heavy atom. The van der Waals surface area contributed by atoms with Gasteiger partial charge in [-0.15, -0.1) is 0 Å². The van der Waals surface area contributed by atoms with Gasteiger partial charge in [-0.05, 0) is 31.0 Å². The molecule has 0 saturated carbocycles. The van der Waals surface area contributed by atoms with Crippen LogP contribution in [0.2, 0.25) is 0 Å². The lowest BCUT2D eigenvalue weighted by atomic mass is 10.0. The number of amides is 1. The monoisotopic (exact) mass is 464 g/mol. The van der Waals surface area contributed by atoms with Gasteiger partial charge in [0, 0.05) is 13.2 Å². The van der Waals surface area contributed by atoms with Crippen LogP contribution in [0.3, 0.4) is 0 Å². The van der Waals surface area contributed by atoms with Crippen molar-refractivity contribution in [2.45, 2.75) is 39.4 Å². The second-order valence-corrected chi connectivity index (χ2v) is 7.75. The molecule has 0 aliphatic heterocycles. The number of hydrogen-bond acceptors (Lipinski definition) is 6. The molecule has 1 amide bonds. The molecule has 0 unspecified atom stereocenters. The van der Waals surface area contributed by atoms with Crippen LogP contribution in [0.15, 0.2) is 35.0 Å². The SMILES string of the molecule is COC(=O)c1cc(CN(C)C(=O)c2cnn(-c3ccc(C(F)(F)F)cn3)c2C(C)C)oc1C. The largest absolute Gasteiger partial charge is 0.465 e. The summed E-state index contributed by atoms with van der Waals surface area (Å²) in [5.41, 5.74) is 0.189. The predicted molar refractivity (Wildman–Crippen MR) is 111 cm³/mol. The standard InChI is InChI=1S/C22H23F3N4O4/c1-12(2)19-17(10-27-29(19)18-7-6-14(9-26-18)22(23,24)25)20(30)28(4)11-15-8-16(13(3)33-15)21(31)32-5/h6-10,12H,11H2,1-5H3. The number of aryl methyl sites for hydroxylation is 1. The van der Waals surface area contributed by atoms with Crippen molar-refractivity contribution in [1.29, 1.82) is 0 Å². The molecule has 0 saturated heterocycles. The van der Waals surface area contributed by atoms with Gasteiger partial charge in [0.25, 0.3) is 5.91 Å². The van der Waals surface area contributed by atoms with Gasteiger partial charge in [0.05, 0.1) is 36.7 Å². The average molecular weight is 464 g/mol. The van der Waals surface area contributed by atoms with Gasteiger partial charge < -0.3 is 14.1 Å². The molecule has 0 aromatic carbocycles. The minimum absolute atomic E-state index is 0.0813. The Bertz CT molecular complexity index is 1160. The van der Waals surface area contributed by atoms with Crippen LogP contribution < -0.4 is 0 Å². The van der Waals surface area contributed by atoms with Crippen molar-refractivity contribution in [3.05, 3.63) is 64.5 Å². The number of hydrogen-bond donors (Lipinski definition) is 0. The molecular formula is C22H23F3N4O4. The summed E-state index contributed by atoms with van der Waals surface area (Å²) in [7, 11) is 2.83. The summed E-state index contributed by atoms with van der Waals surface area (Å²) in [4.78, 5) is 30.2. The van der Waals surface area contributed by atoms with Gasteiger partial charge in [-0.25, -0.2) is 14.5 Å². The number of halogens is 3. The van der Waals surface area contributed by atoms with E-state index in [9.17, 15) is 22.8 Å². The van der Waals surface area contributed by atoms with E-state index in [4.69, 9.17) is 9.15 Å². The van der Waals surface area contributed by atoms with E-state index in [1.54, 1.807) is 14.0 Å². The highest BCUT2D eigenvalue weighted by Crippen LogP contribution is 2.30. The molecule has 176 valence electrons. The van der Waals surface area contributed by atoms with Gasteiger partial charge in [-0.2, -0.15) is 18.3 Å². The number of rotatable bonds is 6. The highest BCUT2D eigenvalue weighted by atomic mass is 19.4. The third kappa shape index (κ3) is 4.91. The summed E-state index contributed by atoms with van der Waals surface area (Å²) in [6.07, 6.45) is -2.41. The van der Waals surface area contributed by atoms with Crippen molar-refractivity contribution in [1.82, 2.24) is 19.7 Å². The van der Waals surface area contributed by atoms with E-state index >= 15 is 0 Å². The zero-order chi connectivity index (χ0) is 24.5. The second-order valence-electron chi connectivity index (χ2n) is 7.75. The molecule has 3 rings (SSSR count). The summed E-state index contributed by atoms with van der Waals surface area (Å²) < 4.78 is 50.2. The number of carbonyl (C=O) groups excluding carboxylic acids is 2. The molecule has 0 bridgehead atoms. The minimum Gasteiger partial charge on any atom is -0.465 e. The first-order valence-electron chi connectivity index (χ1n) is 9.98. The van der Waals surface area contributed by atoms with E-state index in [2.05, 4.69) is 10.1 Å². The van der Waals surface area contributed by atoms with Gasteiger partial charge >= 0.3 is 12.1 Å². The van der Waals surface area contributed by atoms with Gasteiger partial charge in [0.1, 0.15) is 17.1 Å².